The highest BCUT2D eigenvalue weighted by Crippen LogP contribution is 2.40. The molecule has 0 fully saturated rings. The molecule has 0 unspecified atom stereocenters. The van der Waals surface area contributed by atoms with Gasteiger partial charge in [0.15, 0.2) is 0 Å². The minimum absolute atomic E-state index is 0.836. The van der Waals surface area contributed by atoms with Gasteiger partial charge in [0.25, 0.3) is 0 Å². The molecule has 0 saturated heterocycles. The van der Waals surface area contributed by atoms with Gasteiger partial charge in [0.05, 0.1) is 14.2 Å². The highest BCUT2D eigenvalue weighted by molar-refractivity contribution is 5.62. The first kappa shape index (κ1) is 20.1. The second kappa shape index (κ2) is 8.70. The molecule has 0 saturated carbocycles. The van der Waals surface area contributed by atoms with Gasteiger partial charge >= 0.3 is 0 Å². The van der Waals surface area contributed by atoms with Gasteiger partial charge < -0.3 is 19.9 Å². The topological polar surface area (TPSA) is 53.7 Å². The van der Waals surface area contributed by atoms with Gasteiger partial charge in [-0.1, -0.05) is 12.1 Å². The molecule has 2 N–H and O–H groups in total. The van der Waals surface area contributed by atoms with Gasteiger partial charge in [-0.3, -0.25) is 0 Å². The summed E-state index contributed by atoms with van der Waals surface area (Å²) in [6.45, 7) is 2.07. The second-order valence-electron chi connectivity index (χ2n) is 7.85. The molecule has 30 heavy (non-hydrogen) atoms. The zero-order valence-electron chi connectivity index (χ0n) is 18.0. The summed E-state index contributed by atoms with van der Waals surface area (Å²) in [5.41, 5.74) is 13.1. The van der Waals surface area contributed by atoms with Crippen LogP contribution in [0, 0.1) is 6.92 Å². The average Bonchev–Trinajstić information content (AvgIpc) is 3.26. The van der Waals surface area contributed by atoms with E-state index in [1.165, 1.54) is 16.7 Å². The summed E-state index contributed by atoms with van der Waals surface area (Å²) in [6, 6.07) is 16.3. The Morgan fingerprint density at radius 3 is 2.30 bits per heavy atom. The predicted octanol–water partition coefficient (Wildman–Crippen LogP) is 5.66. The van der Waals surface area contributed by atoms with Crippen LogP contribution in [-0.4, -0.2) is 14.2 Å². The number of aryl methyl sites for hydroxylation is 3. The summed E-state index contributed by atoms with van der Waals surface area (Å²) in [4.78, 5) is 0. The minimum atomic E-state index is 0.836. The fourth-order valence-corrected chi connectivity index (χ4v) is 4.28. The third-order valence-electron chi connectivity index (χ3n) is 5.88. The van der Waals surface area contributed by atoms with Crippen molar-refractivity contribution in [2.45, 2.75) is 39.0 Å². The maximum absolute atomic E-state index is 6.40. The quantitative estimate of drug-likeness (QED) is 0.517. The van der Waals surface area contributed by atoms with E-state index in [1.807, 2.05) is 30.3 Å². The van der Waals surface area contributed by atoms with Crippen molar-refractivity contribution >= 4 is 5.69 Å². The van der Waals surface area contributed by atoms with Crippen molar-refractivity contribution in [1.29, 1.82) is 0 Å². The molecule has 0 atom stereocenters. The lowest BCUT2D eigenvalue weighted by molar-refractivity contribution is 0.407. The highest BCUT2D eigenvalue weighted by Gasteiger charge is 2.21. The monoisotopic (exact) mass is 403 g/mol. The largest absolute Gasteiger partial charge is 0.497 e. The van der Waals surface area contributed by atoms with Crippen LogP contribution in [0.4, 0.5) is 5.69 Å². The van der Waals surface area contributed by atoms with Crippen molar-refractivity contribution in [2.75, 3.05) is 20.0 Å². The van der Waals surface area contributed by atoms with Crippen LogP contribution in [0.2, 0.25) is 0 Å². The number of hydrogen-bond acceptors (Lipinski definition) is 4. The van der Waals surface area contributed by atoms with Crippen LogP contribution in [0.1, 0.15) is 34.2 Å². The number of fused-ring (bicyclic) bond motifs is 1. The van der Waals surface area contributed by atoms with Gasteiger partial charge in [0, 0.05) is 11.3 Å². The van der Waals surface area contributed by atoms with Gasteiger partial charge in [-0.25, -0.2) is 0 Å². The molecule has 0 spiro atoms. The van der Waals surface area contributed by atoms with E-state index in [1.54, 1.807) is 14.2 Å². The number of hydrogen-bond donors (Lipinski definition) is 1. The van der Waals surface area contributed by atoms with Gasteiger partial charge in [-0.05, 0) is 97.7 Å². The Bertz CT molecular complexity index is 1040. The van der Waals surface area contributed by atoms with E-state index in [4.69, 9.17) is 19.9 Å². The number of benzene rings is 3. The Morgan fingerprint density at radius 2 is 1.57 bits per heavy atom. The number of nitrogen functional groups attached to an aromatic ring is 1. The molecule has 3 aromatic carbocycles. The molecular weight excluding hydrogens is 374 g/mol. The van der Waals surface area contributed by atoms with Gasteiger partial charge in [-0.15, -0.1) is 0 Å². The molecule has 0 heterocycles. The first-order valence-electron chi connectivity index (χ1n) is 10.5. The molecule has 4 rings (SSSR count). The van der Waals surface area contributed by atoms with Crippen molar-refractivity contribution < 1.29 is 14.2 Å². The molecule has 0 aliphatic heterocycles. The lowest BCUT2D eigenvalue weighted by atomic mass is 10.0. The van der Waals surface area contributed by atoms with Crippen LogP contribution >= 0.6 is 0 Å². The van der Waals surface area contributed by atoms with E-state index in [2.05, 4.69) is 25.1 Å². The Morgan fingerprint density at radius 1 is 0.833 bits per heavy atom. The first-order chi connectivity index (χ1) is 14.6. The predicted molar refractivity (Wildman–Crippen MR) is 121 cm³/mol. The van der Waals surface area contributed by atoms with Crippen LogP contribution in [0.15, 0.2) is 48.5 Å². The third-order valence-corrected chi connectivity index (χ3v) is 5.88. The van der Waals surface area contributed by atoms with Crippen LogP contribution in [-0.2, 0) is 25.7 Å². The highest BCUT2D eigenvalue weighted by atomic mass is 16.5. The van der Waals surface area contributed by atoms with E-state index >= 15 is 0 Å². The normalized spacial score (nSPS) is 12.5. The summed E-state index contributed by atoms with van der Waals surface area (Å²) in [6.07, 6.45) is 4.98. The lowest BCUT2D eigenvalue weighted by Gasteiger charge is -2.17. The second-order valence-corrected chi connectivity index (χ2v) is 7.85. The summed E-state index contributed by atoms with van der Waals surface area (Å²) in [7, 11) is 3.40. The van der Waals surface area contributed by atoms with E-state index in [-0.39, 0.29) is 0 Å². The summed E-state index contributed by atoms with van der Waals surface area (Å²) >= 11 is 0. The molecule has 3 aromatic rings. The molecule has 0 aromatic heterocycles. The molecular formula is C26H29NO3. The lowest BCUT2D eigenvalue weighted by Crippen LogP contribution is -2.00. The van der Waals surface area contributed by atoms with Crippen LogP contribution in [0.3, 0.4) is 0 Å². The molecule has 1 aliphatic carbocycles. The Kier molecular flexibility index (Phi) is 5.84. The molecule has 4 heteroatoms. The molecule has 0 amide bonds. The molecule has 0 radical (unpaired) electrons. The van der Waals surface area contributed by atoms with Crippen LogP contribution in [0.25, 0.3) is 0 Å². The third kappa shape index (κ3) is 4.09. The zero-order chi connectivity index (χ0) is 21.1. The van der Waals surface area contributed by atoms with Crippen molar-refractivity contribution in [3.63, 3.8) is 0 Å². The van der Waals surface area contributed by atoms with Crippen molar-refractivity contribution in [2.24, 2.45) is 0 Å². The van der Waals surface area contributed by atoms with Crippen molar-refractivity contribution in [1.82, 2.24) is 0 Å². The van der Waals surface area contributed by atoms with E-state index in [0.29, 0.717) is 0 Å². The number of ether oxygens (including phenoxy) is 3. The molecule has 156 valence electrons. The van der Waals surface area contributed by atoms with Gasteiger partial charge in [0.1, 0.15) is 23.0 Å². The Balaban J connectivity index is 1.56. The van der Waals surface area contributed by atoms with E-state index < -0.39 is 0 Å². The number of rotatable bonds is 7. The maximum atomic E-state index is 6.40. The standard InChI is InChI=1S/C26H29NO3/c1-17-15-24(27)22-5-4-6-23(22)26(17)30-21-13-14-25(29-3)19(16-21)10-7-18-8-11-20(28-2)12-9-18/h8-9,11-16H,4-7,10,27H2,1-3H3. The number of anilines is 1. The summed E-state index contributed by atoms with van der Waals surface area (Å²) < 4.78 is 17.2. The van der Waals surface area contributed by atoms with Gasteiger partial charge in [-0.2, -0.15) is 0 Å². The maximum Gasteiger partial charge on any atom is 0.133 e. The minimum Gasteiger partial charge on any atom is -0.497 e. The SMILES string of the molecule is COc1ccc(CCc2cc(Oc3c(C)cc(N)c4c3CCC4)ccc2OC)cc1. The van der Waals surface area contributed by atoms with E-state index in [9.17, 15) is 0 Å². The van der Waals surface area contributed by atoms with E-state index in [0.717, 1.165) is 71.9 Å². The van der Waals surface area contributed by atoms with Crippen molar-refractivity contribution in [3.05, 3.63) is 76.3 Å². The zero-order valence-corrected chi connectivity index (χ0v) is 18.0. The fourth-order valence-electron chi connectivity index (χ4n) is 4.28. The Labute approximate surface area is 178 Å². The van der Waals surface area contributed by atoms with Crippen LogP contribution in [0.5, 0.6) is 23.0 Å². The van der Waals surface area contributed by atoms with Crippen LogP contribution < -0.4 is 19.9 Å². The Hall–Kier alpha value is -3.14. The molecule has 1 aliphatic rings. The smallest absolute Gasteiger partial charge is 0.133 e. The number of nitrogens with two attached hydrogens (primary N) is 1. The average molecular weight is 404 g/mol. The van der Waals surface area contributed by atoms with Gasteiger partial charge in [0.2, 0.25) is 0 Å². The molecule has 0 bridgehead atoms. The summed E-state index contributed by atoms with van der Waals surface area (Å²) in [5, 5.41) is 0. The van der Waals surface area contributed by atoms with Crippen molar-refractivity contribution in [3.8, 4) is 23.0 Å². The summed E-state index contributed by atoms with van der Waals surface area (Å²) in [5.74, 6) is 3.55. The molecule has 4 nitrogen and oxygen atoms in total. The fraction of sp³-hybridized carbons (Fsp3) is 0.308. The first-order valence-corrected chi connectivity index (χ1v) is 10.5. The number of methoxy groups -OCH3 is 2.